The molecule has 0 aromatic rings. The molecule has 6 heteroatoms. The molecular formula is C21H36INO4. The summed E-state index contributed by atoms with van der Waals surface area (Å²) in [5.41, 5.74) is 0. The Morgan fingerprint density at radius 1 is 1.00 bits per heavy atom. The molecule has 1 aliphatic heterocycles. The number of nitrogens with zero attached hydrogens (tertiary/aromatic N) is 1. The van der Waals surface area contributed by atoms with E-state index in [-0.39, 0.29) is 21.9 Å². The SMILES string of the molecule is CC(I)O[C@H]1CC[C@H](OCCCC(=O)N2CCC(C(=O)C(C)C)CC2)CC1. The van der Waals surface area contributed by atoms with Crippen molar-refractivity contribution in [3.8, 4) is 0 Å². The molecule has 0 N–H and O–H groups in total. The van der Waals surface area contributed by atoms with Crippen molar-refractivity contribution in [2.24, 2.45) is 11.8 Å². The van der Waals surface area contributed by atoms with Crippen molar-refractivity contribution in [3.63, 3.8) is 0 Å². The lowest BCUT2D eigenvalue weighted by molar-refractivity contribution is -0.136. The van der Waals surface area contributed by atoms with Crippen molar-refractivity contribution >= 4 is 34.3 Å². The number of carbonyl (C=O) groups excluding carboxylic acids is 2. The summed E-state index contributed by atoms with van der Waals surface area (Å²) in [5, 5.41) is 0. The predicted molar refractivity (Wildman–Crippen MR) is 115 cm³/mol. The van der Waals surface area contributed by atoms with Crippen LogP contribution in [0.3, 0.4) is 0 Å². The van der Waals surface area contributed by atoms with Crippen LogP contribution in [0.25, 0.3) is 0 Å². The summed E-state index contributed by atoms with van der Waals surface area (Å²) in [6, 6.07) is 0. The molecule has 0 aromatic carbocycles. The number of halogens is 1. The van der Waals surface area contributed by atoms with E-state index >= 15 is 0 Å². The Balaban J connectivity index is 1.55. The molecule has 0 radical (unpaired) electrons. The fraction of sp³-hybridized carbons (Fsp3) is 0.905. The lowest BCUT2D eigenvalue weighted by Crippen LogP contribution is -2.41. The number of likely N-dealkylation sites (tertiary alicyclic amines) is 1. The topological polar surface area (TPSA) is 55.8 Å². The van der Waals surface area contributed by atoms with Crippen LogP contribution >= 0.6 is 22.6 Å². The number of carbonyl (C=O) groups is 2. The summed E-state index contributed by atoms with van der Waals surface area (Å²) in [4.78, 5) is 26.4. The number of piperidine rings is 1. The van der Waals surface area contributed by atoms with Crippen molar-refractivity contribution in [1.29, 1.82) is 0 Å². The fourth-order valence-electron chi connectivity index (χ4n) is 4.12. The summed E-state index contributed by atoms with van der Waals surface area (Å²) in [5.74, 6) is 0.804. The zero-order valence-corrected chi connectivity index (χ0v) is 19.3. The predicted octanol–water partition coefficient (Wildman–Crippen LogP) is 4.36. The maximum Gasteiger partial charge on any atom is 0.222 e. The molecule has 2 fully saturated rings. The summed E-state index contributed by atoms with van der Waals surface area (Å²) in [7, 11) is 0. The van der Waals surface area contributed by atoms with Crippen LogP contribution in [-0.2, 0) is 19.1 Å². The number of ketones is 1. The van der Waals surface area contributed by atoms with Crippen LogP contribution in [0.15, 0.2) is 0 Å². The van der Waals surface area contributed by atoms with E-state index in [1.165, 1.54) is 0 Å². The van der Waals surface area contributed by atoms with E-state index in [4.69, 9.17) is 9.47 Å². The second kappa shape index (κ2) is 11.7. The molecule has 0 bridgehead atoms. The first kappa shape index (κ1) is 23.1. The zero-order valence-electron chi connectivity index (χ0n) is 17.1. The smallest absolute Gasteiger partial charge is 0.222 e. The van der Waals surface area contributed by atoms with Crippen LogP contribution in [0.1, 0.15) is 72.1 Å². The van der Waals surface area contributed by atoms with Gasteiger partial charge in [-0.3, -0.25) is 9.59 Å². The molecule has 1 aliphatic carbocycles. The van der Waals surface area contributed by atoms with Gasteiger partial charge in [0.1, 0.15) is 9.89 Å². The van der Waals surface area contributed by atoms with Gasteiger partial charge < -0.3 is 14.4 Å². The van der Waals surface area contributed by atoms with Crippen molar-refractivity contribution in [2.45, 2.75) is 88.5 Å². The van der Waals surface area contributed by atoms with E-state index in [1.807, 2.05) is 18.7 Å². The summed E-state index contributed by atoms with van der Waals surface area (Å²) >= 11 is 2.30. The van der Waals surface area contributed by atoms with Gasteiger partial charge in [-0.2, -0.15) is 0 Å². The van der Waals surface area contributed by atoms with Gasteiger partial charge in [-0.05, 0) is 51.9 Å². The summed E-state index contributed by atoms with van der Waals surface area (Å²) in [6.07, 6.45) is 7.92. The van der Waals surface area contributed by atoms with Crippen LogP contribution in [0.4, 0.5) is 0 Å². The van der Waals surface area contributed by atoms with Crippen LogP contribution < -0.4 is 0 Å². The average Bonchev–Trinajstić information content (AvgIpc) is 2.65. The molecule has 1 amide bonds. The molecule has 1 atom stereocenters. The van der Waals surface area contributed by atoms with Gasteiger partial charge in [-0.1, -0.05) is 36.4 Å². The van der Waals surface area contributed by atoms with Gasteiger partial charge in [0.25, 0.3) is 0 Å². The van der Waals surface area contributed by atoms with E-state index in [9.17, 15) is 9.59 Å². The van der Waals surface area contributed by atoms with E-state index in [2.05, 4.69) is 29.5 Å². The van der Waals surface area contributed by atoms with Crippen LogP contribution in [0.2, 0.25) is 0 Å². The molecular weight excluding hydrogens is 457 g/mol. The number of rotatable bonds is 9. The Labute approximate surface area is 178 Å². The van der Waals surface area contributed by atoms with Crippen LogP contribution in [0.5, 0.6) is 0 Å². The van der Waals surface area contributed by atoms with Crippen molar-refractivity contribution in [3.05, 3.63) is 0 Å². The van der Waals surface area contributed by atoms with Crippen LogP contribution in [0, 0.1) is 11.8 Å². The average molecular weight is 493 g/mol. The molecule has 27 heavy (non-hydrogen) atoms. The first-order valence-corrected chi connectivity index (χ1v) is 11.8. The lowest BCUT2D eigenvalue weighted by atomic mass is 9.87. The maximum atomic E-state index is 12.4. The largest absolute Gasteiger partial charge is 0.378 e. The van der Waals surface area contributed by atoms with Gasteiger partial charge in [0.2, 0.25) is 5.91 Å². The van der Waals surface area contributed by atoms with Crippen molar-refractivity contribution in [1.82, 2.24) is 4.90 Å². The van der Waals surface area contributed by atoms with Gasteiger partial charge in [0.15, 0.2) is 0 Å². The molecule has 156 valence electrons. The van der Waals surface area contributed by atoms with E-state index in [1.54, 1.807) is 0 Å². The first-order chi connectivity index (χ1) is 12.9. The number of alkyl halides is 1. The monoisotopic (exact) mass is 493 g/mol. The normalized spacial score (nSPS) is 25.6. The zero-order chi connectivity index (χ0) is 19.8. The Bertz CT molecular complexity index is 467. The number of hydrogen-bond donors (Lipinski definition) is 0. The van der Waals surface area contributed by atoms with E-state index in [0.717, 1.165) is 58.0 Å². The Morgan fingerprint density at radius 3 is 2.15 bits per heavy atom. The first-order valence-electron chi connectivity index (χ1n) is 10.6. The second-order valence-electron chi connectivity index (χ2n) is 8.26. The number of hydrogen-bond acceptors (Lipinski definition) is 4. The Kier molecular flexibility index (Phi) is 10.0. The van der Waals surface area contributed by atoms with Gasteiger partial charge >= 0.3 is 0 Å². The highest BCUT2D eigenvalue weighted by Gasteiger charge is 2.28. The summed E-state index contributed by atoms with van der Waals surface area (Å²) in [6.45, 7) is 8.11. The fourth-order valence-corrected chi connectivity index (χ4v) is 4.53. The molecule has 2 rings (SSSR count). The molecule has 1 heterocycles. The molecule has 5 nitrogen and oxygen atoms in total. The third kappa shape index (κ3) is 7.97. The minimum absolute atomic E-state index is 0.0982. The minimum atomic E-state index is 0.0982. The van der Waals surface area contributed by atoms with Gasteiger partial charge in [-0.25, -0.2) is 0 Å². The highest BCUT2D eigenvalue weighted by Crippen LogP contribution is 2.26. The number of ether oxygens (including phenoxy) is 2. The molecule has 1 saturated heterocycles. The van der Waals surface area contributed by atoms with E-state index in [0.29, 0.717) is 31.0 Å². The van der Waals surface area contributed by atoms with Gasteiger partial charge in [0, 0.05) is 38.0 Å². The standard InChI is InChI=1S/C21H36INO4/c1-15(2)21(25)17-10-12-23(13-11-17)20(24)5-4-14-26-18-6-8-19(9-7-18)27-16(3)22/h15-19H,4-14H2,1-3H3/t16?,18-,19-. The van der Waals surface area contributed by atoms with Gasteiger partial charge in [0.05, 0.1) is 12.2 Å². The van der Waals surface area contributed by atoms with Gasteiger partial charge in [-0.15, -0.1) is 0 Å². The van der Waals surface area contributed by atoms with Crippen molar-refractivity contribution in [2.75, 3.05) is 19.7 Å². The molecule has 1 saturated carbocycles. The second-order valence-corrected chi connectivity index (χ2v) is 10.0. The maximum absolute atomic E-state index is 12.4. The Hall–Kier alpha value is -0.210. The number of Topliss-reactive ketones (excluding diaryl/α,β-unsaturated/α-hetero) is 1. The quantitative estimate of drug-likeness (QED) is 0.272. The van der Waals surface area contributed by atoms with Crippen molar-refractivity contribution < 1.29 is 19.1 Å². The number of amides is 1. The molecule has 0 spiro atoms. The highest BCUT2D eigenvalue weighted by atomic mass is 127. The molecule has 1 unspecified atom stereocenters. The summed E-state index contributed by atoms with van der Waals surface area (Å²) < 4.78 is 12.1. The van der Waals surface area contributed by atoms with Crippen LogP contribution in [-0.4, -0.2) is 52.6 Å². The third-order valence-electron chi connectivity index (χ3n) is 5.71. The molecule has 0 aromatic heterocycles. The minimum Gasteiger partial charge on any atom is -0.378 e. The van der Waals surface area contributed by atoms with E-state index < -0.39 is 0 Å². The highest BCUT2D eigenvalue weighted by molar-refractivity contribution is 14.1. The third-order valence-corrected chi connectivity index (χ3v) is 6.00. The lowest BCUT2D eigenvalue weighted by Gasteiger charge is -2.32. The Morgan fingerprint density at radius 2 is 1.59 bits per heavy atom. The molecule has 2 aliphatic rings.